The number of nitrogens with two attached hydrogens (primary N) is 1. The number of halogens is 1. The third kappa shape index (κ3) is 2.82. The van der Waals surface area contributed by atoms with Crippen molar-refractivity contribution in [3.63, 3.8) is 0 Å². The van der Waals surface area contributed by atoms with Crippen LogP contribution in [0.25, 0.3) is 0 Å². The highest BCUT2D eigenvalue weighted by atomic mass is 35.5. The van der Waals surface area contributed by atoms with E-state index in [1.165, 1.54) is 0 Å². The summed E-state index contributed by atoms with van der Waals surface area (Å²) in [4.78, 5) is 14.5. The summed E-state index contributed by atoms with van der Waals surface area (Å²) < 4.78 is 0. The Bertz CT molecular complexity index is 472. The predicted octanol–water partition coefficient (Wildman–Crippen LogP) is 1.73. The van der Waals surface area contributed by atoms with Crippen molar-refractivity contribution in [2.45, 2.75) is 25.3 Å². The molecule has 1 aromatic carbocycles. The Kier molecular flexibility index (Phi) is 5.02. The number of hydrogen-bond acceptors (Lipinski definition) is 3. The van der Waals surface area contributed by atoms with Crippen molar-refractivity contribution in [1.29, 1.82) is 0 Å². The Balaban J connectivity index is 2.46. The average Bonchev–Trinajstić information content (AvgIpc) is 2.69. The van der Waals surface area contributed by atoms with E-state index in [-0.39, 0.29) is 5.91 Å². The Morgan fingerprint density at radius 2 is 2.25 bits per heavy atom. The molecule has 2 rings (SSSR count). The number of rotatable bonds is 4. The second-order valence-electron chi connectivity index (χ2n) is 5.18. The maximum Gasteiger partial charge on any atom is 0.242 e. The summed E-state index contributed by atoms with van der Waals surface area (Å²) in [7, 11) is 0. The highest BCUT2D eigenvalue weighted by Crippen LogP contribution is 2.33. The largest absolute Gasteiger partial charge is 0.368 e. The van der Waals surface area contributed by atoms with Gasteiger partial charge in [0.25, 0.3) is 0 Å². The van der Waals surface area contributed by atoms with Gasteiger partial charge in [0.1, 0.15) is 5.54 Å². The molecular formula is C15H22ClN3O. The van der Waals surface area contributed by atoms with Gasteiger partial charge in [-0.2, -0.15) is 0 Å². The van der Waals surface area contributed by atoms with Crippen LogP contribution < -0.4 is 11.1 Å². The molecular weight excluding hydrogens is 274 g/mol. The molecule has 1 amide bonds. The monoisotopic (exact) mass is 295 g/mol. The first-order valence-electron chi connectivity index (χ1n) is 7.13. The van der Waals surface area contributed by atoms with Crippen LogP contribution in [0.1, 0.15) is 25.3 Å². The molecule has 1 aromatic rings. The van der Waals surface area contributed by atoms with Crippen molar-refractivity contribution in [3.05, 3.63) is 34.9 Å². The summed E-state index contributed by atoms with van der Waals surface area (Å²) in [6.45, 7) is 5.52. The summed E-state index contributed by atoms with van der Waals surface area (Å²) in [6.07, 6.45) is 1.65. The quantitative estimate of drug-likeness (QED) is 0.889. The van der Waals surface area contributed by atoms with Crippen LogP contribution in [-0.2, 0) is 10.3 Å². The van der Waals surface area contributed by atoms with Gasteiger partial charge in [0, 0.05) is 24.7 Å². The lowest BCUT2D eigenvalue weighted by atomic mass is 9.84. The number of hydrogen-bond donors (Lipinski definition) is 2. The minimum Gasteiger partial charge on any atom is -0.368 e. The molecule has 0 aromatic heterocycles. The molecule has 0 radical (unpaired) electrons. The van der Waals surface area contributed by atoms with Gasteiger partial charge in [-0.15, -0.1) is 0 Å². The van der Waals surface area contributed by atoms with Crippen LogP contribution in [0.4, 0.5) is 0 Å². The van der Waals surface area contributed by atoms with E-state index < -0.39 is 5.54 Å². The molecule has 5 heteroatoms. The zero-order valence-corrected chi connectivity index (χ0v) is 12.6. The van der Waals surface area contributed by atoms with E-state index in [1.54, 1.807) is 0 Å². The van der Waals surface area contributed by atoms with Crippen molar-refractivity contribution in [2.75, 3.05) is 26.2 Å². The van der Waals surface area contributed by atoms with Gasteiger partial charge in [0.05, 0.1) is 0 Å². The first-order valence-corrected chi connectivity index (χ1v) is 7.50. The minimum atomic E-state index is -0.767. The minimum absolute atomic E-state index is 0.302. The van der Waals surface area contributed by atoms with Gasteiger partial charge in [-0.3, -0.25) is 9.69 Å². The molecule has 1 unspecified atom stereocenters. The lowest BCUT2D eigenvalue weighted by Gasteiger charge is -2.41. The van der Waals surface area contributed by atoms with E-state index in [0.717, 1.165) is 38.2 Å². The van der Waals surface area contributed by atoms with E-state index in [0.29, 0.717) is 11.4 Å². The number of benzene rings is 1. The van der Waals surface area contributed by atoms with Crippen molar-refractivity contribution < 1.29 is 4.79 Å². The van der Waals surface area contributed by atoms with Gasteiger partial charge in [-0.05, 0) is 37.1 Å². The third-order valence-corrected chi connectivity index (χ3v) is 4.34. The van der Waals surface area contributed by atoms with E-state index in [2.05, 4.69) is 10.2 Å². The van der Waals surface area contributed by atoms with Crippen molar-refractivity contribution in [1.82, 2.24) is 10.2 Å². The second-order valence-corrected chi connectivity index (χ2v) is 5.62. The molecule has 0 bridgehead atoms. The van der Waals surface area contributed by atoms with Crippen molar-refractivity contribution in [3.8, 4) is 0 Å². The number of carbonyl (C=O) groups is 1. The third-order valence-electron chi connectivity index (χ3n) is 4.10. The van der Waals surface area contributed by atoms with Gasteiger partial charge in [-0.25, -0.2) is 0 Å². The van der Waals surface area contributed by atoms with Crippen LogP contribution in [0, 0.1) is 0 Å². The molecule has 0 spiro atoms. The molecule has 1 fully saturated rings. The average molecular weight is 296 g/mol. The molecule has 1 atom stereocenters. The number of nitrogens with zero attached hydrogens (tertiary/aromatic N) is 1. The summed E-state index contributed by atoms with van der Waals surface area (Å²) in [5.41, 5.74) is 5.93. The fourth-order valence-electron chi connectivity index (χ4n) is 3.06. The summed E-state index contributed by atoms with van der Waals surface area (Å²) >= 11 is 6.10. The number of primary amides is 1. The van der Waals surface area contributed by atoms with Gasteiger partial charge in [-0.1, -0.05) is 30.7 Å². The van der Waals surface area contributed by atoms with Crippen molar-refractivity contribution >= 4 is 17.5 Å². The molecule has 1 heterocycles. The fraction of sp³-hybridized carbons (Fsp3) is 0.533. The molecule has 4 nitrogen and oxygen atoms in total. The normalized spacial score (nSPS) is 20.1. The lowest BCUT2D eigenvalue weighted by Crippen LogP contribution is -2.55. The first kappa shape index (κ1) is 15.3. The Labute approximate surface area is 125 Å². The lowest BCUT2D eigenvalue weighted by molar-refractivity contribution is -0.131. The maximum absolute atomic E-state index is 12.3. The van der Waals surface area contributed by atoms with E-state index in [1.807, 2.05) is 31.2 Å². The summed E-state index contributed by atoms with van der Waals surface area (Å²) in [6, 6.07) is 7.49. The smallest absolute Gasteiger partial charge is 0.242 e. The summed E-state index contributed by atoms with van der Waals surface area (Å²) in [5, 5.41) is 3.99. The van der Waals surface area contributed by atoms with E-state index >= 15 is 0 Å². The fourth-order valence-corrected chi connectivity index (χ4v) is 3.25. The van der Waals surface area contributed by atoms with Crippen LogP contribution >= 0.6 is 11.6 Å². The van der Waals surface area contributed by atoms with Gasteiger partial charge < -0.3 is 11.1 Å². The second kappa shape index (κ2) is 6.57. The Morgan fingerprint density at radius 3 is 2.90 bits per heavy atom. The maximum atomic E-state index is 12.3. The number of carbonyl (C=O) groups excluding carboxylic acids is 1. The molecule has 110 valence electrons. The molecule has 20 heavy (non-hydrogen) atoms. The number of nitrogens with one attached hydrogen (secondary N) is 1. The topological polar surface area (TPSA) is 58.4 Å². The van der Waals surface area contributed by atoms with E-state index in [9.17, 15) is 4.79 Å². The number of amides is 1. The van der Waals surface area contributed by atoms with Crippen molar-refractivity contribution in [2.24, 2.45) is 5.73 Å². The van der Waals surface area contributed by atoms with Gasteiger partial charge in [0.2, 0.25) is 5.91 Å². The van der Waals surface area contributed by atoms with E-state index in [4.69, 9.17) is 17.3 Å². The summed E-state index contributed by atoms with van der Waals surface area (Å²) in [5.74, 6) is -0.302. The standard InChI is InChI=1S/C15H22ClN3O/c1-2-15(14(17)20,12-5-3-6-13(16)11-12)19-9-4-7-18-8-10-19/h3,5-6,11,18H,2,4,7-10H2,1H3,(H2,17,20). The van der Waals surface area contributed by atoms with Crippen LogP contribution in [0.5, 0.6) is 0 Å². The predicted molar refractivity (Wildman–Crippen MR) is 81.7 cm³/mol. The van der Waals surface area contributed by atoms with Crippen LogP contribution in [0.3, 0.4) is 0 Å². The zero-order chi connectivity index (χ0) is 14.6. The van der Waals surface area contributed by atoms with Crippen LogP contribution in [-0.4, -0.2) is 37.0 Å². The molecule has 1 saturated heterocycles. The molecule has 1 aliphatic heterocycles. The van der Waals surface area contributed by atoms with Gasteiger partial charge >= 0.3 is 0 Å². The zero-order valence-electron chi connectivity index (χ0n) is 11.9. The molecule has 0 saturated carbocycles. The van der Waals surface area contributed by atoms with Gasteiger partial charge in [0.15, 0.2) is 0 Å². The molecule has 3 N–H and O–H groups in total. The Hall–Kier alpha value is -1.10. The Morgan fingerprint density at radius 1 is 1.45 bits per heavy atom. The molecule has 0 aliphatic carbocycles. The van der Waals surface area contributed by atoms with Crippen LogP contribution in [0.15, 0.2) is 24.3 Å². The highest BCUT2D eigenvalue weighted by molar-refractivity contribution is 6.30. The highest BCUT2D eigenvalue weighted by Gasteiger charge is 2.42. The molecule has 1 aliphatic rings. The first-order chi connectivity index (χ1) is 9.61. The van der Waals surface area contributed by atoms with Crippen LogP contribution in [0.2, 0.25) is 5.02 Å². The SMILES string of the molecule is CCC(C(N)=O)(c1cccc(Cl)c1)N1CCCNCC1.